The smallest absolute Gasteiger partial charge is 0.240 e. The molecule has 1 aliphatic heterocycles. The Kier molecular flexibility index (Phi) is 3.47. The molecule has 1 heterocycles. The number of hydrogen-bond donors (Lipinski definition) is 3. The second kappa shape index (κ2) is 4.75. The fourth-order valence-corrected chi connectivity index (χ4v) is 2.91. The molecule has 0 bridgehead atoms. The van der Waals surface area contributed by atoms with E-state index in [0.717, 1.165) is 19.4 Å². The first kappa shape index (κ1) is 13.1. The average molecular weight is 271 g/mol. The van der Waals surface area contributed by atoms with E-state index in [0.29, 0.717) is 12.2 Å². The first-order chi connectivity index (χ1) is 8.39. The van der Waals surface area contributed by atoms with Crippen molar-refractivity contribution < 1.29 is 13.5 Å². The summed E-state index contributed by atoms with van der Waals surface area (Å²) in [5, 5.41) is 14.7. The van der Waals surface area contributed by atoms with Gasteiger partial charge in [-0.05, 0) is 25.0 Å². The minimum atomic E-state index is -3.82. The molecule has 0 spiro atoms. The summed E-state index contributed by atoms with van der Waals surface area (Å²) in [6, 6.07) is 4.73. The Balaban J connectivity index is 2.40. The zero-order chi connectivity index (χ0) is 13.3. The van der Waals surface area contributed by atoms with Crippen LogP contribution in [0.1, 0.15) is 12.8 Å². The van der Waals surface area contributed by atoms with Crippen molar-refractivity contribution in [1.82, 2.24) is 0 Å². The van der Waals surface area contributed by atoms with Crippen LogP contribution in [0.2, 0.25) is 0 Å². The number of primary sulfonamides is 1. The van der Waals surface area contributed by atoms with Crippen LogP contribution >= 0.6 is 0 Å². The van der Waals surface area contributed by atoms with Crippen LogP contribution in [0.4, 0.5) is 11.4 Å². The molecule has 18 heavy (non-hydrogen) atoms. The molecule has 1 aromatic carbocycles. The van der Waals surface area contributed by atoms with Crippen LogP contribution in [0.3, 0.4) is 0 Å². The molecule has 100 valence electrons. The lowest BCUT2D eigenvalue weighted by atomic mass is 10.1. The van der Waals surface area contributed by atoms with Gasteiger partial charge in [0.2, 0.25) is 10.0 Å². The van der Waals surface area contributed by atoms with Gasteiger partial charge in [0.05, 0.1) is 17.5 Å². The lowest BCUT2D eigenvalue weighted by Gasteiger charge is -2.33. The van der Waals surface area contributed by atoms with E-state index in [-0.39, 0.29) is 10.6 Å². The van der Waals surface area contributed by atoms with Crippen LogP contribution in [0.15, 0.2) is 23.1 Å². The number of nitrogen functional groups attached to an aromatic ring is 1. The molecular formula is C11H17N3O3S. The number of aliphatic hydroxyl groups is 1. The number of anilines is 2. The number of sulfonamides is 1. The predicted octanol–water partition coefficient (Wildman–Crippen LogP) is -0.123. The van der Waals surface area contributed by atoms with Gasteiger partial charge in [0.15, 0.2) is 0 Å². The fraction of sp³-hybridized carbons (Fsp3) is 0.455. The Labute approximate surface area is 106 Å². The van der Waals surface area contributed by atoms with Gasteiger partial charge in [-0.25, -0.2) is 13.6 Å². The number of aliphatic hydroxyl groups excluding tert-OH is 1. The molecule has 1 atom stereocenters. The Morgan fingerprint density at radius 3 is 2.72 bits per heavy atom. The topological polar surface area (TPSA) is 110 Å². The summed E-state index contributed by atoms with van der Waals surface area (Å²) in [5.41, 5.74) is 6.62. The maximum Gasteiger partial charge on any atom is 0.240 e. The molecule has 2 rings (SSSR count). The van der Waals surface area contributed by atoms with Crippen molar-refractivity contribution in [3.05, 3.63) is 18.2 Å². The molecule has 1 saturated heterocycles. The monoisotopic (exact) mass is 271 g/mol. The molecule has 5 N–H and O–H groups in total. The van der Waals surface area contributed by atoms with Crippen molar-refractivity contribution >= 4 is 21.4 Å². The van der Waals surface area contributed by atoms with E-state index >= 15 is 0 Å². The molecule has 0 saturated carbocycles. The third-order valence-corrected chi connectivity index (χ3v) is 4.06. The summed E-state index contributed by atoms with van der Waals surface area (Å²) >= 11 is 0. The zero-order valence-electron chi connectivity index (χ0n) is 9.91. The molecule has 7 heteroatoms. The number of piperidine rings is 1. The normalized spacial score (nSPS) is 21.0. The summed E-state index contributed by atoms with van der Waals surface area (Å²) < 4.78 is 22.8. The molecule has 6 nitrogen and oxygen atoms in total. The fourth-order valence-electron chi connectivity index (χ4n) is 2.23. The highest BCUT2D eigenvalue weighted by atomic mass is 32.2. The summed E-state index contributed by atoms with van der Waals surface area (Å²) in [6.45, 7) is 1.20. The first-order valence-electron chi connectivity index (χ1n) is 5.74. The zero-order valence-corrected chi connectivity index (χ0v) is 10.7. The standard InChI is InChI=1S/C11H17N3O3S/c12-11-9(14-6-2-3-8(15)7-14)4-1-5-10(11)18(13,16)17/h1,4-5,8,15H,2-3,6-7,12H2,(H2,13,16,17). The molecule has 0 aromatic heterocycles. The van der Waals surface area contributed by atoms with E-state index in [1.54, 1.807) is 12.1 Å². The van der Waals surface area contributed by atoms with Crippen molar-refractivity contribution in [1.29, 1.82) is 0 Å². The summed E-state index contributed by atoms with van der Waals surface area (Å²) in [4.78, 5) is 1.82. The molecule has 0 radical (unpaired) electrons. The highest BCUT2D eigenvalue weighted by Crippen LogP contribution is 2.30. The van der Waals surface area contributed by atoms with Gasteiger partial charge in [0, 0.05) is 13.1 Å². The van der Waals surface area contributed by atoms with E-state index in [4.69, 9.17) is 10.9 Å². The average Bonchev–Trinajstić information content (AvgIpc) is 2.27. The molecule has 1 unspecified atom stereocenters. The predicted molar refractivity (Wildman–Crippen MR) is 69.7 cm³/mol. The number of para-hydroxylation sites is 1. The van der Waals surface area contributed by atoms with Gasteiger partial charge in [-0.2, -0.15) is 0 Å². The summed E-state index contributed by atoms with van der Waals surface area (Å²) in [7, 11) is -3.82. The van der Waals surface area contributed by atoms with Crippen LogP contribution in [0.5, 0.6) is 0 Å². The number of nitrogens with zero attached hydrogens (tertiary/aromatic N) is 1. The summed E-state index contributed by atoms with van der Waals surface area (Å²) in [6.07, 6.45) is 1.20. The first-order valence-corrected chi connectivity index (χ1v) is 7.28. The maximum atomic E-state index is 11.4. The molecule has 0 aliphatic carbocycles. The van der Waals surface area contributed by atoms with Crippen LogP contribution in [0.25, 0.3) is 0 Å². The Morgan fingerprint density at radius 1 is 1.39 bits per heavy atom. The SMILES string of the molecule is Nc1c(N2CCCC(O)C2)cccc1S(N)(=O)=O. The highest BCUT2D eigenvalue weighted by Gasteiger charge is 2.22. The van der Waals surface area contributed by atoms with Gasteiger partial charge in [0.25, 0.3) is 0 Å². The summed E-state index contributed by atoms with van der Waals surface area (Å²) in [5.74, 6) is 0. The van der Waals surface area contributed by atoms with Crippen molar-refractivity contribution in [3.63, 3.8) is 0 Å². The van der Waals surface area contributed by atoms with E-state index in [2.05, 4.69) is 0 Å². The lowest BCUT2D eigenvalue weighted by molar-refractivity contribution is 0.154. The van der Waals surface area contributed by atoms with Gasteiger partial charge >= 0.3 is 0 Å². The number of nitrogens with two attached hydrogens (primary N) is 2. The van der Waals surface area contributed by atoms with Crippen molar-refractivity contribution in [3.8, 4) is 0 Å². The largest absolute Gasteiger partial charge is 0.396 e. The van der Waals surface area contributed by atoms with Crippen LogP contribution in [-0.4, -0.2) is 32.7 Å². The Bertz CT molecular complexity index is 544. The van der Waals surface area contributed by atoms with Crippen LogP contribution in [0, 0.1) is 0 Å². The number of benzene rings is 1. The molecular weight excluding hydrogens is 254 g/mol. The van der Waals surface area contributed by atoms with E-state index < -0.39 is 16.1 Å². The van der Waals surface area contributed by atoms with Gasteiger partial charge in [-0.3, -0.25) is 0 Å². The maximum absolute atomic E-state index is 11.4. The molecule has 1 fully saturated rings. The van der Waals surface area contributed by atoms with Crippen molar-refractivity contribution in [2.45, 2.75) is 23.8 Å². The van der Waals surface area contributed by atoms with E-state index in [9.17, 15) is 13.5 Å². The quantitative estimate of drug-likeness (QED) is 0.649. The van der Waals surface area contributed by atoms with Crippen molar-refractivity contribution in [2.24, 2.45) is 5.14 Å². The number of rotatable bonds is 2. The number of hydrogen-bond acceptors (Lipinski definition) is 5. The van der Waals surface area contributed by atoms with Crippen LogP contribution in [-0.2, 0) is 10.0 Å². The van der Waals surface area contributed by atoms with Gasteiger partial charge in [-0.15, -0.1) is 0 Å². The Hall–Kier alpha value is -1.31. The van der Waals surface area contributed by atoms with E-state index in [1.165, 1.54) is 6.07 Å². The second-order valence-electron chi connectivity index (χ2n) is 4.48. The third-order valence-electron chi connectivity index (χ3n) is 3.09. The van der Waals surface area contributed by atoms with Crippen LogP contribution < -0.4 is 15.8 Å². The second-order valence-corrected chi connectivity index (χ2v) is 6.01. The molecule has 1 aliphatic rings. The lowest BCUT2D eigenvalue weighted by Crippen LogP contribution is -2.38. The minimum absolute atomic E-state index is 0.0694. The Morgan fingerprint density at radius 2 is 2.11 bits per heavy atom. The molecule has 0 amide bonds. The number of β-amino-alcohol motifs (C(OH)–C–C–N with tert-alkyl or cyclic N) is 1. The third kappa shape index (κ3) is 2.58. The van der Waals surface area contributed by atoms with Gasteiger partial charge in [0.1, 0.15) is 4.90 Å². The molecule has 1 aromatic rings. The van der Waals surface area contributed by atoms with Gasteiger partial charge < -0.3 is 15.7 Å². The minimum Gasteiger partial charge on any atom is -0.396 e. The highest BCUT2D eigenvalue weighted by molar-refractivity contribution is 7.89. The van der Waals surface area contributed by atoms with Crippen molar-refractivity contribution in [2.75, 3.05) is 23.7 Å². The van der Waals surface area contributed by atoms with E-state index in [1.807, 2.05) is 4.90 Å². The van der Waals surface area contributed by atoms with Gasteiger partial charge in [-0.1, -0.05) is 6.07 Å².